The summed E-state index contributed by atoms with van der Waals surface area (Å²) < 4.78 is 25.7. The van der Waals surface area contributed by atoms with Gasteiger partial charge in [0.25, 0.3) is 0 Å². The van der Waals surface area contributed by atoms with Crippen molar-refractivity contribution in [3.8, 4) is 5.75 Å². The molecular formula is C21H30FN3O3. The van der Waals surface area contributed by atoms with E-state index in [9.17, 15) is 9.18 Å². The largest absolute Gasteiger partial charge is 0.490 e. The van der Waals surface area contributed by atoms with E-state index in [-0.39, 0.29) is 24.4 Å². The minimum absolute atomic E-state index is 0.0405. The lowest BCUT2D eigenvalue weighted by molar-refractivity contribution is -0.133. The van der Waals surface area contributed by atoms with E-state index in [2.05, 4.69) is 10.2 Å². The van der Waals surface area contributed by atoms with E-state index in [4.69, 9.17) is 9.47 Å². The number of hydrogen-bond donors (Lipinski definition) is 1. The molecule has 28 heavy (non-hydrogen) atoms. The van der Waals surface area contributed by atoms with Crippen molar-refractivity contribution in [1.82, 2.24) is 9.80 Å². The number of likely N-dealkylation sites (tertiary alicyclic amines) is 1. The maximum atomic E-state index is 14.4. The van der Waals surface area contributed by atoms with Crippen LogP contribution >= 0.6 is 0 Å². The van der Waals surface area contributed by atoms with Crippen molar-refractivity contribution in [2.24, 2.45) is 0 Å². The molecule has 1 amide bonds. The average molecular weight is 391 g/mol. The fourth-order valence-corrected chi connectivity index (χ4v) is 4.11. The van der Waals surface area contributed by atoms with E-state index in [1.807, 2.05) is 0 Å². The van der Waals surface area contributed by atoms with E-state index in [1.54, 1.807) is 17.0 Å². The molecule has 0 unspecified atom stereocenters. The van der Waals surface area contributed by atoms with Crippen molar-refractivity contribution in [2.75, 3.05) is 51.3 Å². The first-order chi connectivity index (χ1) is 13.7. The smallest absolute Gasteiger partial charge is 0.242 e. The molecule has 4 rings (SSSR count). The number of morpholine rings is 1. The van der Waals surface area contributed by atoms with Gasteiger partial charge in [0, 0.05) is 38.3 Å². The van der Waals surface area contributed by atoms with Crippen LogP contribution in [0.1, 0.15) is 32.1 Å². The van der Waals surface area contributed by atoms with Crippen LogP contribution in [0.3, 0.4) is 0 Å². The summed E-state index contributed by atoms with van der Waals surface area (Å²) in [7, 11) is 0. The Bertz CT molecular complexity index is 669. The predicted molar refractivity (Wildman–Crippen MR) is 105 cm³/mol. The number of ether oxygens (including phenoxy) is 2. The van der Waals surface area contributed by atoms with Gasteiger partial charge in [-0.2, -0.15) is 0 Å². The Hall–Kier alpha value is -1.86. The lowest BCUT2D eigenvalue weighted by Crippen LogP contribution is -2.46. The number of piperidine rings is 1. The third-order valence-corrected chi connectivity index (χ3v) is 6.10. The summed E-state index contributed by atoms with van der Waals surface area (Å²) in [6.45, 7) is 4.53. The minimum Gasteiger partial charge on any atom is -0.490 e. The predicted octanol–water partition coefficient (Wildman–Crippen LogP) is 2.49. The number of carbonyl (C=O) groups excluding carboxylic acids is 1. The maximum Gasteiger partial charge on any atom is 0.242 e. The lowest BCUT2D eigenvalue weighted by atomic mass is 9.90. The van der Waals surface area contributed by atoms with E-state index in [1.165, 1.54) is 25.3 Å². The quantitative estimate of drug-likeness (QED) is 0.808. The van der Waals surface area contributed by atoms with Crippen molar-refractivity contribution in [1.29, 1.82) is 0 Å². The number of halogens is 1. The van der Waals surface area contributed by atoms with Gasteiger partial charge in [0.15, 0.2) is 0 Å². The Labute approximate surface area is 166 Å². The van der Waals surface area contributed by atoms with E-state index in [0.29, 0.717) is 37.7 Å². The number of rotatable bonds is 6. The van der Waals surface area contributed by atoms with Gasteiger partial charge in [0.2, 0.25) is 5.91 Å². The summed E-state index contributed by atoms with van der Waals surface area (Å²) in [4.78, 5) is 16.5. The maximum absolute atomic E-state index is 14.4. The van der Waals surface area contributed by atoms with Crippen LogP contribution in [-0.4, -0.2) is 73.8 Å². The van der Waals surface area contributed by atoms with Gasteiger partial charge in [-0.05, 0) is 37.8 Å². The molecule has 6 nitrogen and oxygen atoms in total. The highest BCUT2D eigenvalue weighted by Crippen LogP contribution is 2.29. The summed E-state index contributed by atoms with van der Waals surface area (Å²) in [5.74, 6) is 0.130. The molecule has 1 N–H and O–H groups in total. The van der Waals surface area contributed by atoms with Crippen LogP contribution in [0.5, 0.6) is 5.75 Å². The summed E-state index contributed by atoms with van der Waals surface area (Å²) in [6, 6.07) is 5.63. The highest BCUT2D eigenvalue weighted by Gasteiger charge is 2.29. The van der Waals surface area contributed by atoms with Crippen LogP contribution < -0.4 is 10.1 Å². The van der Waals surface area contributed by atoms with Gasteiger partial charge in [0.1, 0.15) is 17.7 Å². The van der Waals surface area contributed by atoms with Gasteiger partial charge in [-0.25, -0.2) is 4.39 Å². The summed E-state index contributed by atoms with van der Waals surface area (Å²) in [5.41, 5.74) is 0.328. The Morgan fingerprint density at radius 2 is 1.89 bits per heavy atom. The van der Waals surface area contributed by atoms with E-state index < -0.39 is 0 Å². The van der Waals surface area contributed by atoms with Crippen molar-refractivity contribution >= 4 is 11.6 Å². The average Bonchev–Trinajstić information content (AvgIpc) is 2.68. The van der Waals surface area contributed by atoms with E-state index in [0.717, 1.165) is 32.0 Å². The second-order valence-electron chi connectivity index (χ2n) is 7.93. The van der Waals surface area contributed by atoms with Gasteiger partial charge in [0.05, 0.1) is 25.4 Å². The Kier molecular flexibility index (Phi) is 6.32. The number of amides is 1. The summed E-state index contributed by atoms with van der Waals surface area (Å²) in [5, 5.41) is 2.90. The highest BCUT2D eigenvalue weighted by molar-refractivity contribution is 5.81. The molecule has 1 aliphatic carbocycles. The monoisotopic (exact) mass is 391 g/mol. The number of carbonyl (C=O) groups is 1. The molecule has 1 saturated carbocycles. The minimum atomic E-state index is -0.390. The molecule has 154 valence electrons. The second-order valence-corrected chi connectivity index (χ2v) is 7.93. The molecule has 0 radical (unpaired) electrons. The third-order valence-electron chi connectivity index (χ3n) is 6.10. The van der Waals surface area contributed by atoms with Crippen LogP contribution in [0.15, 0.2) is 18.2 Å². The summed E-state index contributed by atoms with van der Waals surface area (Å²) in [6.07, 6.45) is 6.16. The number of nitrogens with zero attached hydrogens (tertiary/aromatic N) is 2. The zero-order valence-electron chi connectivity index (χ0n) is 16.4. The number of nitrogens with one attached hydrogen (secondary N) is 1. The van der Waals surface area contributed by atoms with Crippen molar-refractivity contribution in [3.63, 3.8) is 0 Å². The first kappa shape index (κ1) is 19.5. The van der Waals surface area contributed by atoms with E-state index >= 15 is 0 Å². The molecule has 0 atom stereocenters. The number of hydrogen-bond acceptors (Lipinski definition) is 5. The van der Waals surface area contributed by atoms with Gasteiger partial charge in [-0.15, -0.1) is 0 Å². The van der Waals surface area contributed by atoms with Crippen molar-refractivity contribution in [3.05, 3.63) is 24.0 Å². The third kappa shape index (κ3) is 4.75. The summed E-state index contributed by atoms with van der Waals surface area (Å²) >= 11 is 0. The van der Waals surface area contributed by atoms with Crippen LogP contribution in [-0.2, 0) is 9.53 Å². The van der Waals surface area contributed by atoms with Crippen LogP contribution in [0, 0.1) is 5.82 Å². The SMILES string of the molecule is O=C(CNc1ccc(OC2CCN(C3CCC3)CC2)cc1F)N1CCOCC1. The van der Waals surface area contributed by atoms with Crippen molar-refractivity contribution in [2.45, 2.75) is 44.2 Å². The first-order valence-corrected chi connectivity index (χ1v) is 10.5. The molecule has 0 spiro atoms. The molecule has 2 aliphatic heterocycles. The van der Waals surface area contributed by atoms with Gasteiger partial charge in [-0.3, -0.25) is 4.79 Å². The molecule has 2 saturated heterocycles. The molecular weight excluding hydrogens is 361 g/mol. The topological polar surface area (TPSA) is 54.0 Å². The Balaban J connectivity index is 1.24. The molecule has 0 aromatic heterocycles. The van der Waals surface area contributed by atoms with Crippen LogP contribution in [0.25, 0.3) is 0 Å². The van der Waals surface area contributed by atoms with Crippen LogP contribution in [0.2, 0.25) is 0 Å². The number of anilines is 1. The molecule has 3 aliphatic rings. The van der Waals surface area contributed by atoms with Gasteiger partial charge >= 0.3 is 0 Å². The van der Waals surface area contributed by atoms with Gasteiger partial charge < -0.3 is 24.6 Å². The first-order valence-electron chi connectivity index (χ1n) is 10.5. The standard InChI is InChI=1S/C21H30FN3O3/c22-19-14-18(28-17-6-8-24(9-7-17)16-2-1-3-16)4-5-20(19)23-15-21(26)25-10-12-27-13-11-25/h4-5,14,16-17,23H,1-3,6-13,15H2. The fraction of sp³-hybridized carbons (Fsp3) is 0.667. The Morgan fingerprint density at radius 1 is 1.14 bits per heavy atom. The second kappa shape index (κ2) is 9.09. The molecule has 0 bridgehead atoms. The molecule has 2 heterocycles. The normalized spacial score (nSPS) is 22.0. The molecule has 1 aromatic rings. The molecule has 7 heteroatoms. The van der Waals surface area contributed by atoms with Crippen LogP contribution in [0.4, 0.5) is 10.1 Å². The number of benzene rings is 1. The Morgan fingerprint density at radius 3 is 2.54 bits per heavy atom. The molecule has 1 aromatic carbocycles. The lowest BCUT2D eigenvalue weighted by Gasteiger charge is -2.41. The zero-order valence-corrected chi connectivity index (χ0v) is 16.4. The highest BCUT2D eigenvalue weighted by atomic mass is 19.1. The fourth-order valence-electron chi connectivity index (χ4n) is 4.11. The van der Waals surface area contributed by atoms with Crippen molar-refractivity contribution < 1.29 is 18.7 Å². The molecule has 3 fully saturated rings. The van der Waals surface area contributed by atoms with Gasteiger partial charge in [-0.1, -0.05) is 6.42 Å². The zero-order chi connectivity index (χ0) is 19.3.